The second-order valence-corrected chi connectivity index (χ2v) is 9.20. The molecule has 7 heteroatoms. The lowest BCUT2D eigenvalue weighted by Crippen LogP contribution is -2.53. The summed E-state index contributed by atoms with van der Waals surface area (Å²) in [5.74, 6) is 0. The average molecular weight is 408 g/mol. The molecule has 30 heavy (non-hydrogen) atoms. The van der Waals surface area contributed by atoms with Crippen molar-refractivity contribution in [2.75, 3.05) is 6.54 Å². The first-order chi connectivity index (χ1) is 14.3. The van der Waals surface area contributed by atoms with Crippen LogP contribution in [0.3, 0.4) is 0 Å². The third kappa shape index (κ3) is 4.30. The van der Waals surface area contributed by atoms with Gasteiger partial charge in [-0.15, -0.1) is 0 Å². The molecule has 1 saturated heterocycles. The average Bonchev–Trinajstić information content (AvgIpc) is 3.46. The minimum absolute atomic E-state index is 0.0836. The number of likely N-dealkylation sites (tertiary alicyclic amines) is 1. The molecular formula is C23H29N5O2. The topological polar surface area (TPSA) is 91.2 Å². The molecule has 1 aliphatic carbocycles. The third-order valence-electron chi connectivity index (χ3n) is 5.72. The largest absolute Gasteiger partial charge is 0.444 e. The Morgan fingerprint density at radius 1 is 1.30 bits per heavy atom. The van der Waals surface area contributed by atoms with Crippen molar-refractivity contribution in [3.05, 3.63) is 42.4 Å². The van der Waals surface area contributed by atoms with Crippen LogP contribution in [0.5, 0.6) is 0 Å². The van der Waals surface area contributed by atoms with Crippen LogP contribution < -0.4 is 5.32 Å². The summed E-state index contributed by atoms with van der Waals surface area (Å²) in [6.45, 7) is 6.38. The highest BCUT2D eigenvalue weighted by Gasteiger charge is 2.54. The van der Waals surface area contributed by atoms with Crippen LogP contribution in [0.2, 0.25) is 0 Å². The summed E-state index contributed by atoms with van der Waals surface area (Å²) >= 11 is 0. The number of allylic oxidation sites excluding steroid dienone is 1. The van der Waals surface area contributed by atoms with Crippen molar-refractivity contribution in [3.8, 4) is 0 Å². The van der Waals surface area contributed by atoms with Crippen LogP contribution in [0.25, 0.3) is 16.6 Å². The molecule has 2 N–H and O–H groups in total. The van der Waals surface area contributed by atoms with Gasteiger partial charge in [-0.3, -0.25) is 4.98 Å². The lowest BCUT2D eigenvalue weighted by atomic mass is 9.95. The SMILES string of the molecule is CC(C)(C)OC(=O)N1CCC(N/C=C(\C=N)c2cnc3ccccc3n2)CC12CC2. The van der Waals surface area contributed by atoms with Gasteiger partial charge in [-0.2, -0.15) is 0 Å². The molecule has 4 rings (SSSR count). The fraction of sp³-hybridized carbons (Fsp3) is 0.478. The standard InChI is InChI=1S/C23H29N5O2/c1-22(2,3)30-21(29)28-11-8-17(12-23(28)9-10-23)25-14-16(13-24)20-15-26-18-6-4-5-7-19(18)27-20/h4-7,13-15,17,24-25H,8-12H2,1-3H3/b16-14+,24-13?. The predicted octanol–water partition coefficient (Wildman–Crippen LogP) is 4.14. The van der Waals surface area contributed by atoms with Crippen molar-refractivity contribution in [3.63, 3.8) is 0 Å². The van der Waals surface area contributed by atoms with Gasteiger partial charge in [-0.05, 0) is 58.6 Å². The van der Waals surface area contributed by atoms with E-state index in [0.29, 0.717) is 17.8 Å². The van der Waals surface area contributed by atoms with Gasteiger partial charge in [-0.1, -0.05) is 12.1 Å². The van der Waals surface area contributed by atoms with E-state index in [1.807, 2.05) is 56.1 Å². The molecule has 158 valence electrons. The van der Waals surface area contributed by atoms with Crippen molar-refractivity contribution < 1.29 is 9.53 Å². The highest BCUT2D eigenvalue weighted by Crippen LogP contribution is 2.48. The number of ether oxygens (including phenoxy) is 1. The summed E-state index contributed by atoms with van der Waals surface area (Å²) in [5.41, 5.74) is 2.44. The number of benzene rings is 1. The lowest BCUT2D eigenvalue weighted by molar-refractivity contribution is 0.00311. The first-order valence-corrected chi connectivity index (χ1v) is 10.5. The zero-order valence-electron chi connectivity index (χ0n) is 17.8. The fourth-order valence-corrected chi connectivity index (χ4v) is 4.05. The molecule has 0 bridgehead atoms. The molecule has 1 atom stereocenters. The van der Waals surface area contributed by atoms with Gasteiger partial charge in [0, 0.05) is 36.1 Å². The molecule has 2 aliphatic rings. The Morgan fingerprint density at radius 3 is 2.70 bits per heavy atom. The molecule has 2 aromatic rings. The van der Waals surface area contributed by atoms with E-state index in [4.69, 9.17) is 10.1 Å². The van der Waals surface area contributed by atoms with Gasteiger partial charge in [0.25, 0.3) is 0 Å². The number of aromatic nitrogens is 2. The van der Waals surface area contributed by atoms with Crippen LogP contribution in [0, 0.1) is 5.41 Å². The van der Waals surface area contributed by atoms with E-state index < -0.39 is 5.60 Å². The number of nitrogens with one attached hydrogen (secondary N) is 2. The lowest BCUT2D eigenvalue weighted by Gasteiger charge is -2.40. The third-order valence-corrected chi connectivity index (χ3v) is 5.72. The van der Waals surface area contributed by atoms with Crippen LogP contribution in [0.4, 0.5) is 4.79 Å². The van der Waals surface area contributed by atoms with Gasteiger partial charge in [0.15, 0.2) is 0 Å². The Hall–Kier alpha value is -2.96. The Balaban J connectivity index is 1.44. The van der Waals surface area contributed by atoms with E-state index in [9.17, 15) is 4.79 Å². The minimum Gasteiger partial charge on any atom is -0.444 e. The quantitative estimate of drug-likeness (QED) is 0.743. The summed E-state index contributed by atoms with van der Waals surface area (Å²) < 4.78 is 5.61. The molecule has 2 fully saturated rings. The molecule has 2 heterocycles. The van der Waals surface area contributed by atoms with Crippen LogP contribution >= 0.6 is 0 Å². The molecule has 1 aliphatic heterocycles. The number of hydrogen-bond acceptors (Lipinski definition) is 6. The summed E-state index contributed by atoms with van der Waals surface area (Å²) in [4.78, 5) is 23.6. The Morgan fingerprint density at radius 2 is 2.03 bits per heavy atom. The number of rotatable bonds is 4. The number of amides is 1. The maximum absolute atomic E-state index is 12.6. The number of piperidine rings is 1. The zero-order chi connectivity index (χ0) is 21.4. The number of nitrogens with zero attached hydrogens (tertiary/aromatic N) is 3. The first-order valence-electron chi connectivity index (χ1n) is 10.5. The molecule has 1 spiro atoms. The Kier molecular flexibility index (Phi) is 5.22. The Bertz CT molecular complexity index is 990. The fourth-order valence-electron chi connectivity index (χ4n) is 4.05. The highest BCUT2D eigenvalue weighted by atomic mass is 16.6. The van der Waals surface area contributed by atoms with E-state index in [0.717, 1.165) is 36.7 Å². The molecule has 1 saturated carbocycles. The maximum Gasteiger partial charge on any atom is 0.410 e. The summed E-state index contributed by atoms with van der Waals surface area (Å²) in [7, 11) is 0. The van der Waals surface area contributed by atoms with Crippen LogP contribution in [-0.2, 0) is 4.74 Å². The van der Waals surface area contributed by atoms with E-state index in [-0.39, 0.29) is 17.7 Å². The monoisotopic (exact) mass is 407 g/mol. The predicted molar refractivity (Wildman–Crippen MR) is 117 cm³/mol. The molecular weight excluding hydrogens is 378 g/mol. The molecule has 1 aromatic heterocycles. The van der Waals surface area contributed by atoms with Gasteiger partial charge < -0.3 is 20.4 Å². The summed E-state index contributed by atoms with van der Waals surface area (Å²) in [6, 6.07) is 7.95. The van der Waals surface area contributed by atoms with E-state index in [1.54, 1.807) is 6.20 Å². The van der Waals surface area contributed by atoms with Gasteiger partial charge >= 0.3 is 6.09 Å². The molecule has 7 nitrogen and oxygen atoms in total. The van der Waals surface area contributed by atoms with Gasteiger partial charge in [0.05, 0.1) is 22.9 Å². The van der Waals surface area contributed by atoms with Crippen LogP contribution in [0.1, 0.15) is 52.1 Å². The minimum atomic E-state index is -0.481. The zero-order valence-corrected chi connectivity index (χ0v) is 17.8. The number of hydrogen-bond donors (Lipinski definition) is 2. The summed E-state index contributed by atoms with van der Waals surface area (Å²) in [5, 5.41) is 11.3. The van der Waals surface area contributed by atoms with Crippen molar-refractivity contribution in [1.29, 1.82) is 5.41 Å². The van der Waals surface area contributed by atoms with Gasteiger partial charge in [0.1, 0.15) is 5.60 Å². The van der Waals surface area contributed by atoms with E-state index in [1.165, 1.54) is 6.21 Å². The highest BCUT2D eigenvalue weighted by molar-refractivity contribution is 6.07. The summed E-state index contributed by atoms with van der Waals surface area (Å²) in [6.07, 6.45) is 8.41. The first kappa shape index (κ1) is 20.3. The van der Waals surface area contributed by atoms with Crippen molar-refractivity contribution in [2.24, 2.45) is 0 Å². The van der Waals surface area contributed by atoms with Crippen molar-refractivity contribution >= 4 is 28.9 Å². The second-order valence-electron chi connectivity index (χ2n) is 9.20. The van der Waals surface area contributed by atoms with E-state index in [2.05, 4.69) is 15.3 Å². The number of carbonyl (C=O) groups excluding carboxylic acids is 1. The van der Waals surface area contributed by atoms with Crippen LogP contribution in [-0.4, -0.2) is 50.9 Å². The molecule has 1 aromatic carbocycles. The molecule has 1 amide bonds. The molecule has 0 radical (unpaired) electrons. The van der Waals surface area contributed by atoms with Gasteiger partial charge in [-0.25, -0.2) is 9.78 Å². The maximum atomic E-state index is 12.6. The second kappa shape index (κ2) is 7.70. The smallest absolute Gasteiger partial charge is 0.410 e. The van der Waals surface area contributed by atoms with Crippen molar-refractivity contribution in [1.82, 2.24) is 20.2 Å². The van der Waals surface area contributed by atoms with Crippen LogP contribution in [0.15, 0.2) is 36.7 Å². The number of fused-ring (bicyclic) bond motifs is 1. The van der Waals surface area contributed by atoms with Gasteiger partial charge in [0.2, 0.25) is 0 Å². The van der Waals surface area contributed by atoms with E-state index >= 15 is 0 Å². The number of carbonyl (C=O) groups is 1. The molecule has 1 unspecified atom stereocenters. The normalized spacial score (nSPS) is 20.8. The van der Waals surface area contributed by atoms with Crippen molar-refractivity contribution in [2.45, 2.75) is 63.6 Å². The number of para-hydroxylation sites is 2. The Labute approximate surface area is 177 Å².